The van der Waals surface area contributed by atoms with E-state index in [9.17, 15) is 13.2 Å². The van der Waals surface area contributed by atoms with Crippen LogP contribution in [0.2, 0.25) is 0 Å². The summed E-state index contributed by atoms with van der Waals surface area (Å²) in [6, 6.07) is 13.0. The third kappa shape index (κ3) is 3.61. The Kier molecular flexibility index (Phi) is 4.95. The summed E-state index contributed by atoms with van der Waals surface area (Å²) in [4.78, 5) is 17.1. The number of carbonyl (C=O) groups is 1. The summed E-state index contributed by atoms with van der Waals surface area (Å²) >= 11 is 6.58. The molecule has 0 saturated heterocycles. The van der Waals surface area contributed by atoms with E-state index in [0.717, 1.165) is 8.95 Å². The molecule has 1 aliphatic heterocycles. The van der Waals surface area contributed by atoms with Crippen LogP contribution in [0.3, 0.4) is 0 Å². The molecule has 0 spiro atoms. The predicted octanol–water partition coefficient (Wildman–Crippen LogP) is 3.55. The molecule has 1 N–H and O–H groups in total. The number of carbonyl (C=O) groups excluding carboxylic acids is 1. The molecule has 0 aliphatic carbocycles. The van der Waals surface area contributed by atoms with E-state index in [2.05, 4.69) is 41.6 Å². The van der Waals surface area contributed by atoms with Gasteiger partial charge in [0.05, 0.1) is 4.90 Å². The van der Waals surface area contributed by atoms with Crippen molar-refractivity contribution < 1.29 is 13.2 Å². The number of sulfonamides is 1. The Morgan fingerprint density at radius 3 is 2.04 bits per heavy atom. The number of benzene rings is 2. The highest BCUT2D eigenvalue weighted by atomic mass is 79.9. The smallest absolute Gasteiger partial charge is 0.270 e. The Hall–Kier alpha value is -1.77. The normalized spacial score (nSPS) is 19.1. The fourth-order valence-electron chi connectivity index (χ4n) is 2.40. The molecule has 1 amide bonds. The van der Waals surface area contributed by atoms with Crippen LogP contribution in [0.25, 0.3) is 0 Å². The van der Waals surface area contributed by atoms with Crippen molar-refractivity contribution in [3.05, 3.63) is 75.2 Å². The Balaban J connectivity index is 1.95. The minimum atomic E-state index is -4.01. The second kappa shape index (κ2) is 6.86. The molecule has 2 aromatic rings. The Labute approximate surface area is 162 Å². The number of allylic oxidation sites excluding steroid dienone is 1. The molecule has 5 nitrogen and oxygen atoms in total. The lowest BCUT2D eigenvalue weighted by atomic mass is 9.90. The Bertz CT molecular complexity index is 954. The van der Waals surface area contributed by atoms with Crippen molar-refractivity contribution in [3.63, 3.8) is 0 Å². The van der Waals surface area contributed by atoms with Crippen molar-refractivity contribution in [1.29, 1.82) is 0 Å². The molecule has 25 heavy (non-hydrogen) atoms. The summed E-state index contributed by atoms with van der Waals surface area (Å²) in [6.07, 6.45) is 4.67. The van der Waals surface area contributed by atoms with Crippen LogP contribution in [0.15, 0.2) is 79.5 Å². The first-order valence-electron chi connectivity index (χ1n) is 7.15. The highest BCUT2D eigenvalue weighted by Crippen LogP contribution is 2.32. The average molecular weight is 484 g/mol. The van der Waals surface area contributed by atoms with E-state index in [1.165, 1.54) is 18.3 Å². The van der Waals surface area contributed by atoms with Crippen LogP contribution in [0, 0.1) is 0 Å². The van der Waals surface area contributed by atoms with Crippen molar-refractivity contribution in [2.75, 3.05) is 0 Å². The van der Waals surface area contributed by atoms with E-state index in [0.29, 0.717) is 5.56 Å². The van der Waals surface area contributed by atoms with Crippen LogP contribution >= 0.6 is 31.9 Å². The molecule has 1 aliphatic rings. The second-order valence-electron chi connectivity index (χ2n) is 5.30. The molecule has 1 atom stereocenters. The van der Waals surface area contributed by atoms with E-state index in [1.807, 2.05) is 0 Å². The number of hydrogen-bond acceptors (Lipinski definition) is 4. The second-order valence-corrected chi connectivity index (χ2v) is 8.81. The van der Waals surface area contributed by atoms with Gasteiger partial charge in [0.2, 0.25) is 0 Å². The first kappa shape index (κ1) is 18.0. The Morgan fingerprint density at radius 1 is 0.960 bits per heavy atom. The number of halogens is 2. The van der Waals surface area contributed by atoms with Gasteiger partial charge in [-0.05, 0) is 54.1 Å². The van der Waals surface area contributed by atoms with Crippen molar-refractivity contribution in [3.8, 4) is 0 Å². The average Bonchev–Trinajstić information content (AvgIpc) is 3.06. The van der Waals surface area contributed by atoms with Gasteiger partial charge in [0.15, 0.2) is 5.54 Å². The molecule has 8 heteroatoms. The van der Waals surface area contributed by atoms with E-state index in [-0.39, 0.29) is 4.90 Å². The van der Waals surface area contributed by atoms with Crippen LogP contribution < -0.4 is 4.72 Å². The number of aliphatic imine (C=N–C) groups is 1. The van der Waals surface area contributed by atoms with Crippen LogP contribution in [-0.4, -0.2) is 20.5 Å². The molecule has 0 saturated carbocycles. The van der Waals surface area contributed by atoms with Crippen molar-refractivity contribution in [2.45, 2.75) is 10.4 Å². The number of rotatable bonds is 4. The maximum Gasteiger partial charge on any atom is 0.270 e. The number of nitrogens with one attached hydrogen (secondary N) is 1. The summed E-state index contributed by atoms with van der Waals surface area (Å²) in [6.45, 7) is 0. The van der Waals surface area contributed by atoms with Gasteiger partial charge in [0.1, 0.15) is 0 Å². The quantitative estimate of drug-likeness (QED) is 0.722. The third-order valence-electron chi connectivity index (χ3n) is 3.68. The van der Waals surface area contributed by atoms with Gasteiger partial charge in [0, 0.05) is 15.2 Å². The molecule has 0 aromatic heterocycles. The standard InChI is InChI=1S/C17H12Br2N2O3S/c18-13-4-2-12(3-5-13)17(10-1-11-20-17)16(22)21-25(23,24)15-8-6-14(19)7-9-15/h1-11H,(H,21,22). The summed E-state index contributed by atoms with van der Waals surface area (Å²) in [5, 5.41) is 0. The number of hydrogen-bond donors (Lipinski definition) is 1. The fourth-order valence-corrected chi connectivity index (χ4v) is 3.94. The first-order valence-corrected chi connectivity index (χ1v) is 10.2. The summed E-state index contributed by atoms with van der Waals surface area (Å²) in [5.74, 6) is -0.734. The van der Waals surface area contributed by atoms with Crippen LogP contribution in [0.4, 0.5) is 0 Å². The molecule has 0 fully saturated rings. The van der Waals surface area contributed by atoms with Gasteiger partial charge in [0.25, 0.3) is 15.9 Å². The monoisotopic (exact) mass is 482 g/mol. The third-order valence-corrected chi connectivity index (χ3v) is 6.09. The number of nitrogens with zero attached hydrogens (tertiary/aromatic N) is 1. The molecule has 0 bridgehead atoms. The zero-order valence-electron chi connectivity index (χ0n) is 12.7. The largest absolute Gasteiger partial charge is 0.270 e. The number of amides is 1. The maximum absolute atomic E-state index is 12.8. The van der Waals surface area contributed by atoms with Crippen LogP contribution in [0.5, 0.6) is 0 Å². The molecular formula is C17H12Br2N2O3S. The van der Waals surface area contributed by atoms with Gasteiger partial charge >= 0.3 is 0 Å². The van der Waals surface area contributed by atoms with E-state index < -0.39 is 21.5 Å². The highest BCUT2D eigenvalue weighted by molar-refractivity contribution is 9.10. The minimum Gasteiger partial charge on any atom is -0.270 e. The fraction of sp³-hybridized carbons (Fsp3) is 0.0588. The molecule has 2 aromatic carbocycles. The SMILES string of the molecule is O=C(NS(=O)(=O)c1ccc(Br)cc1)C1(c2ccc(Br)cc2)C=CC=N1. The van der Waals surface area contributed by atoms with Gasteiger partial charge < -0.3 is 0 Å². The molecule has 3 rings (SSSR count). The van der Waals surface area contributed by atoms with Crippen molar-refractivity contribution >= 4 is 54.0 Å². The summed E-state index contributed by atoms with van der Waals surface area (Å²) < 4.78 is 28.7. The topological polar surface area (TPSA) is 75.6 Å². The molecule has 1 unspecified atom stereocenters. The molecule has 128 valence electrons. The minimum absolute atomic E-state index is 0.000891. The highest BCUT2D eigenvalue weighted by Gasteiger charge is 2.40. The van der Waals surface area contributed by atoms with Crippen molar-refractivity contribution in [1.82, 2.24) is 4.72 Å². The van der Waals surface area contributed by atoms with Gasteiger partial charge in [-0.25, -0.2) is 13.1 Å². The predicted molar refractivity (Wildman–Crippen MR) is 103 cm³/mol. The van der Waals surface area contributed by atoms with Crippen LogP contribution in [-0.2, 0) is 20.4 Å². The Morgan fingerprint density at radius 2 is 1.52 bits per heavy atom. The molecule has 1 heterocycles. The van der Waals surface area contributed by atoms with Gasteiger partial charge in [-0.1, -0.05) is 44.0 Å². The van der Waals surface area contributed by atoms with E-state index in [4.69, 9.17) is 0 Å². The van der Waals surface area contributed by atoms with Gasteiger partial charge in [-0.3, -0.25) is 9.79 Å². The summed E-state index contributed by atoms with van der Waals surface area (Å²) in [7, 11) is -4.01. The zero-order chi connectivity index (χ0) is 18.1. The van der Waals surface area contributed by atoms with E-state index >= 15 is 0 Å². The molecular weight excluding hydrogens is 472 g/mol. The first-order chi connectivity index (χ1) is 11.8. The maximum atomic E-state index is 12.8. The van der Waals surface area contributed by atoms with Gasteiger partial charge in [-0.15, -0.1) is 0 Å². The van der Waals surface area contributed by atoms with Gasteiger partial charge in [-0.2, -0.15) is 0 Å². The lowest BCUT2D eigenvalue weighted by Gasteiger charge is -2.23. The molecule has 0 radical (unpaired) electrons. The summed E-state index contributed by atoms with van der Waals surface area (Å²) in [5.41, 5.74) is -0.826. The van der Waals surface area contributed by atoms with Crippen molar-refractivity contribution in [2.24, 2.45) is 4.99 Å². The lowest BCUT2D eigenvalue weighted by molar-refractivity contribution is -0.123. The van der Waals surface area contributed by atoms with E-state index in [1.54, 1.807) is 48.6 Å². The zero-order valence-corrected chi connectivity index (χ0v) is 16.7. The van der Waals surface area contributed by atoms with Crippen LogP contribution in [0.1, 0.15) is 5.56 Å². The lowest BCUT2D eigenvalue weighted by Crippen LogP contribution is -2.43.